The van der Waals surface area contributed by atoms with E-state index in [0.717, 1.165) is 18.4 Å². The van der Waals surface area contributed by atoms with Gasteiger partial charge in [-0.3, -0.25) is 0 Å². The van der Waals surface area contributed by atoms with Gasteiger partial charge in [0.2, 0.25) is 0 Å². The molecule has 1 N–H and O–H groups in total. The zero-order valence-electron chi connectivity index (χ0n) is 10.6. The van der Waals surface area contributed by atoms with Crippen molar-refractivity contribution in [1.29, 1.82) is 0 Å². The van der Waals surface area contributed by atoms with Gasteiger partial charge in [0, 0.05) is 5.56 Å². The fraction of sp³-hybridized carbons (Fsp3) is 0.467. The zero-order chi connectivity index (χ0) is 12.2. The van der Waals surface area contributed by atoms with E-state index in [4.69, 9.17) is 0 Å². The van der Waals surface area contributed by atoms with Crippen molar-refractivity contribution in [2.24, 2.45) is 0 Å². The Kier molecular flexibility index (Phi) is 4.15. The molecule has 0 amide bonds. The van der Waals surface area contributed by atoms with Gasteiger partial charge in [0.1, 0.15) is 5.60 Å². The molecule has 0 saturated carbocycles. The Bertz CT molecular complexity index is 413. The third-order valence-electron chi connectivity index (χ3n) is 2.48. The van der Waals surface area contributed by atoms with Gasteiger partial charge in [0.25, 0.3) is 0 Å². The molecule has 0 fully saturated rings. The van der Waals surface area contributed by atoms with E-state index in [1.807, 2.05) is 6.07 Å². The molecule has 0 aromatic heterocycles. The van der Waals surface area contributed by atoms with Crippen molar-refractivity contribution < 1.29 is 5.11 Å². The number of aliphatic hydroxyl groups is 1. The van der Waals surface area contributed by atoms with E-state index >= 15 is 0 Å². The number of rotatable bonds is 2. The molecule has 1 aromatic carbocycles. The molecular formula is C15H20O. The lowest BCUT2D eigenvalue weighted by molar-refractivity contribution is 0.143. The number of aryl methyl sites for hydroxylation is 2. The van der Waals surface area contributed by atoms with Gasteiger partial charge in [-0.2, -0.15) is 0 Å². The normalized spacial score (nSPS) is 10.8. The maximum absolute atomic E-state index is 9.53. The molecule has 0 aliphatic rings. The fourth-order valence-electron chi connectivity index (χ4n) is 1.60. The van der Waals surface area contributed by atoms with E-state index < -0.39 is 5.60 Å². The number of hydrogen-bond acceptors (Lipinski definition) is 1. The smallest absolute Gasteiger partial charge is 0.120 e. The Hall–Kier alpha value is -1.26. The van der Waals surface area contributed by atoms with Gasteiger partial charge in [-0.05, 0) is 49.9 Å². The van der Waals surface area contributed by atoms with E-state index in [2.05, 4.69) is 37.8 Å². The molecule has 0 atom stereocenters. The maximum atomic E-state index is 9.53. The summed E-state index contributed by atoms with van der Waals surface area (Å²) in [4.78, 5) is 0. The first-order chi connectivity index (χ1) is 7.46. The maximum Gasteiger partial charge on any atom is 0.120 e. The highest BCUT2D eigenvalue weighted by Crippen LogP contribution is 2.13. The molecule has 1 heteroatoms. The lowest BCUT2D eigenvalue weighted by Gasteiger charge is -2.07. The van der Waals surface area contributed by atoms with Crippen LogP contribution in [-0.4, -0.2) is 10.7 Å². The van der Waals surface area contributed by atoms with E-state index in [-0.39, 0.29) is 0 Å². The summed E-state index contributed by atoms with van der Waals surface area (Å²) in [5.74, 6) is 5.84. The molecule has 0 heterocycles. The van der Waals surface area contributed by atoms with Crippen LogP contribution in [0.4, 0.5) is 0 Å². The van der Waals surface area contributed by atoms with E-state index in [1.54, 1.807) is 13.8 Å². The van der Waals surface area contributed by atoms with Gasteiger partial charge >= 0.3 is 0 Å². The molecule has 0 radical (unpaired) electrons. The number of hydrogen-bond donors (Lipinski definition) is 1. The summed E-state index contributed by atoms with van der Waals surface area (Å²) < 4.78 is 0. The van der Waals surface area contributed by atoms with Crippen molar-refractivity contribution in [2.45, 2.75) is 46.1 Å². The molecule has 0 bridgehead atoms. The van der Waals surface area contributed by atoms with E-state index in [1.165, 1.54) is 11.1 Å². The quantitative estimate of drug-likeness (QED) is 0.754. The molecule has 0 spiro atoms. The summed E-state index contributed by atoms with van der Waals surface area (Å²) in [5, 5.41) is 9.53. The SMILES string of the molecule is CCc1ccc(C#CC(C)(C)O)cc1CC. The van der Waals surface area contributed by atoms with Gasteiger partial charge in [-0.15, -0.1) is 0 Å². The molecule has 0 saturated heterocycles. The predicted molar refractivity (Wildman–Crippen MR) is 68.4 cm³/mol. The average molecular weight is 216 g/mol. The van der Waals surface area contributed by atoms with Gasteiger partial charge in [0.15, 0.2) is 0 Å². The summed E-state index contributed by atoms with van der Waals surface area (Å²) >= 11 is 0. The van der Waals surface area contributed by atoms with Gasteiger partial charge < -0.3 is 5.11 Å². The van der Waals surface area contributed by atoms with Crippen LogP contribution in [0.25, 0.3) is 0 Å². The highest BCUT2D eigenvalue weighted by atomic mass is 16.3. The lowest BCUT2D eigenvalue weighted by Crippen LogP contribution is -2.14. The van der Waals surface area contributed by atoms with Crippen LogP contribution in [0.2, 0.25) is 0 Å². The van der Waals surface area contributed by atoms with Gasteiger partial charge in [0.05, 0.1) is 0 Å². The predicted octanol–water partition coefficient (Wildman–Crippen LogP) is 2.93. The second-order valence-corrected chi connectivity index (χ2v) is 4.50. The Morgan fingerprint density at radius 2 is 1.75 bits per heavy atom. The third-order valence-corrected chi connectivity index (χ3v) is 2.48. The summed E-state index contributed by atoms with van der Waals surface area (Å²) in [6.07, 6.45) is 2.09. The van der Waals surface area contributed by atoms with Gasteiger partial charge in [-0.25, -0.2) is 0 Å². The van der Waals surface area contributed by atoms with Crippen molar-refractivity contribution in [3.8, 4) is 11.8 Å². The highest BCUT2D eigenvalue weighted by Gasteiger charge is 2.06. The second-order valence-electron chi connectivity index (χ2n) is 4.50. The summed E-state index contributed by atoms with van der Waals surface area (Å²) in [7, 11) is 0. The van der Waals surface area contributed by atoms with Crippen LogP contribution in [0.1, 0.15) is 44.4 Å². The molecular weight excluding hydrogens is 196 g/mol. The van der Waals surface area contributed by atoms with Crippen LogP contribution in [0.15, 0.2) is 18.2 Å². The van der Waals surface area contributed by atoms with Gasteiger partial charge in [-0.1, -0.05) is 31.8 Å². The standard InChI is InChI=1S/C15H20O/c1-5-13-8-7-12(11-14(13)6-2)9-10-15(3,4)16/h7-8,11,16H,5-6H2,1-4H3. The topological polar surface area (TPSA) is 20.2 Å². The van der Waals surface area contributed by atoms with Crippen LogP contribution in [0, 0.1) is 11.8 Å². The Balaban J connectivity index is 3.03. The van der Waals surface area contributed by atoms with Crippen LogP contribution in [0.5, 0.6) is 0 Å². The molecule has 0 aliphatic carbocycles. The van der Waals surface area contributed by atoms with Crippen LogP contribution < -0.4 is 0 Å². The van der Waals surface area contributed by atoms with Crippen molar-refractivity contribution in [3.63, 3.8) is 0 Å². The van der Waals surface area contributed by atoms with E-state index in [9.17, 15) is 5.11 Å². The second kappa shape index (κ2) is 5.18. The first-order valence-electron chi connectivity index (χ1n) is 5.83. The third kappa shape index (κ3) is 3.72. The van der Waals surface area contributed by atoms with Crippen molar-refractivity contribution >= 4 is 0 Å². The Labute approximate surface area is 98.5 Å². The van der Waals surface area contributed by atoms with E-state index in [0.29, 0.717) is 0 Å². The van der Waals surface area contributed by atoms with Crippen molar-refractivity contribution in [1.82, 2.24) is 0 Å². The highest BCUT2D eigenvalue weighted by molar-refractivity contribution is 5.42. The zero-order valence-corrected chi connectivity index (χ0v) is 10.6. The lowest BCUT2D eigenvalue weighted by atomic mass is 10.00. The molecule has 86 valence electrons. The molecule has 0 unspecified atom stereocenters. The van der Waals surface area contributed by atoms with Crippen LogP contribution >= 0.6 is 0 Å². The first-order valence-corrected chi connectivity index (χ1v) is 5.83. The summed E-state index contributed by atoms with van der Waals surface area (Å²) in [6.45, 7) is 7.71. The fourth-order valence-corrected chi connectivity index (χ4v) is 1.60. The average Bonchev–Trinajstić information content (AvgIpc) is 2.25. The molecule has 0 aliphatic heterocycles. The Morgan fingerprint density at radius 1 is 1.12 bits per heavy atom. The minimum atomic E-state index is -0.921. The largest absolute Gasteiger partial charge is 0.378 e. The van der Waals surface area contributed by atoms with Crippen molar-refractivity contribution in [3.05, 3.63) is 34.9 Å². The monoisotopic (exact) mass is 216 g/mol. The number of benzene rings is 1. The summed E-state index contributed by atoms with van der Waals surface area (Å²) in [5.41, 5.74) is 2.80. The van der Waals surface area contributed by atoms with Crippen LogP contribution in [0.3, 0.4) is 0 Å². The molecule has 16 heavy (non-hydrogen) atoms. The molecule has 1 nitrogen and oxygen atoms in total. The first kappa shape index (κ1) is 12.8. The molecule has 1 aromatic rings. The Morgan fingerprint density at radius 3 is 2.25 bits per heavy atom. The van der Waals surface area contributed by atoms with Crippen LogP contribution in [-0.2, 0) is 12.8 Å². The minimum absolute atomic E-state index is 0.921. The van der Waals surface area contributed by atoms with Crippen molar-refractivity contribution in [2.75, 3.05) is 0 Å². The summed E-state index contributed by atoms with van der Waals surface area (Å²) in [6, 6.07) is 6.28. The molecule has 1 rings (SSSR count). The minimum Gasteiger partial charge on any atom is -0.378 e.